The van der Waals surface area contributed by atoms with Gasteiger partial charge in [-0.2, -0.15) is 11.8 Å². The summed E-state index contributed by atoms with van der Waals surface area (Å²) >= 11 is 1.93. The number of benzene rings is 1. The molecule has 0 aliphatic heterocycles. The van der Waals surface area contributed by atoms with E-state index in [9.17, 15) is 0 Å². The Balaban J connectivity index is 2.69. The van der Waals surface area contributed by atoms with Crippen LogP contribution in [0.1, 0.15) is 38.8 Å². The van der Waals surface area contributed by atoms with Crippen molar-refractivity contribution in [3.05, 3.63) is 35.9 Å². The predicted molar refractivity (Wildman–Crippen MR) is 97.1 cm³/mol. The van der Waals surface area contributed by atoms with Gasteiger partial charge < -0.3 is 10.2 Å². The Bertz CT molecular complexity index is 369. The van der Waals surface area contributed by atoms with Gasteiger partial charge in [0.25, 0.3) is 0 Å². The van der Waals surface area contributed by atoms with Gasteiger partial charge in [-0.1, -0.05) is 44.2 Å². The van der Waals surface area contributed by atoms with Gasteiger partial charge in [0.1, 0.15) is 0 Å². The Morgan fingerprint density at radius 1 is 1.19 bits per heavy atom. The van der Waals surface area contributed by atoms with Crippen molar-refractivity contribution in [1.82, 2.24) is 10.2 Å². The molecule has 0 heterocycles. The van der Waals surface area contributed by atoms with Crippen molar-refractivity contribution in [3.8, 4) is 0 Å². The average Bonchev–Trinajstić information content (AvgIpc) is 2.49. The lowest BCUT2D eigenvalue weighted by molar-refractivity contribution is 0.212. The molecule has 1 aromatic rings. The summed E-state index contributed by atoms with van der Waals surface area (Å²) in [4.78, 5) is 2.49. The van der Waals surface area contributed by atoms with Crippen LogP contribution in [0.25, 0.3) is 0 Å². The molecule has 1 rings (SSSR count). The highest BCUT2D eigenvalue weighted by Gasteiger charge is 2.21. The van der Waals surface area contributed by atoms with Crippen molar-refractivity contribution in [2.75, 3.05) is 32.1 Å². The Morgan fingerprint density at radius 2 is 1.86 bits per heavy atom. The maximum atomic E-state index is 3.73. The molecule has 0 bridgehead atoms. The van der Waals surface area contributed by atoms with Gasteiger partial charge in [-0.05, 0) is 44.7 Å². The lowest BCUT2D eigenvalue weighted by Gasteiger charge is -2.32. The molecule has 0 saturated carbocycles. The molecule has 0 fully saturated rings. The summed E-state index contributed by atoms with van der Waals surface area (Å²) in [6.45, 7) is 9.11. The van der Waals surface area contributed by atoms with Crippen molar-refractivity contribution in [1.29, 1.82) is 0 Å². The smallest absolute Gasteiger partial charge is 0.0358 e. The molecule has 0 radical (unpaired) electrons. The van der Waals surface area contributed by atoms with E-state index in [2.05, 4.69) is 74.6 Å². The van der Waals surface area contributed by atoms with Gasteiger partial charge in [-0.15, -0.1) is 0 Å². The Labute approximate surface area is 135 Å². The zero-order chi connectivity index (χ0) is 15.7. The van der Waals surface area contributed by atoms with Crippen LogP contribution in [-0.4, -0.2) is 43.1 Å². The molecule has 3 atom stereocenters. The Hall–Kier alpha value is -0.510. The maximum Gasteiger partial charge on any atom is 0.0358 e. The highest BCUT2D eigenvalue weighted by atomic mass is 32.2. The fraction of sp³-hybridized carbons (Fsp3) is 0.667. The molecule has 0 aliphatic carbocycles. The van der Waals surface area contributed by atoms with Gasteiger partial charge in [0.2, 0.25) is 0 Å². The molecule has 1 N–H and O–H groups in total. The van der Waals surface area contributed by atoms with E-state index < -0.39 is 0 Å². The molecule has 3 heteroatoms. The first-order chi connectivity index (χ1) is 10.1. The van der Waals surface area contributed by atoms with E-state index in [0.717, 1.165) is 13.1 Å². The van der Waals surface area contributed by atoms with Crippen molar-refractivity contribution >= 4 is 11.8 Å². The monoisotopic (exact) mass is 308 g/mol. The minimum absolute atomic E-state index is 0.440. The second-order valence-corrected chi connectivity index (χ2v) is 6.97. The first-order valence-corrected chi connectivity index (χ1v) is 9.47. The summed E-state index contributed by atoms with van der Waals surface area (Å²) in [5.74, 6) is 1.79. The van der Waals surface area contributed by atoms with Crippen LogP contribution in [0.2, 0.25) is 0 Å². The van der Waals surface area contributed by atoms with Crippen LogP contribution < -0.4 is 5.32 Å². The average molecular weight is 309 g/mol. The molecule has 21 heavy (non-hydrogen) atoms. The number of rotatable bonds is 10. The lowest BCUT2D eigenvalue weighted by Crippen LogP contribution is -2.39. The van der Waals surface area contributed by atoms with E-state index in [1.807, 2.05) is 11.8 Å². The molecule has 0 saturated heterocycles. The number of nitrogens with zero attached hydrogens (tertiary/aromatic N) is 1. The van der Waals surface area contributed by atoms with Crippen molar-refractivity contribution in [2.24, 2.45) is 5.92 Å². The standard InChI is InChI=1S/C18H32N2S/c1-6-12-19-18(17-10-8-7-9-11-17)15(2)13-20(4)16(3)14-21-5/h7-11,15-16,18-19H,6,12-14H2,1-5H3. The number of hydrogen-bond acceptors (Lipinski definition) is 3. The second-order valence-electron chi connectivity index (χ2n) is 6.06. The van der Waals surface area contributed by atoms with Crippen molar-refractivity contribution < 1.29 is 0 Å². The van der Waals surface area contributed by atoms with E-state index in [4.69, 9.17) is 0 Å². The highest BCUT2D eigenvalue weighted by Crippen LogP contribution is 2.23. The third-order valence-electron chi connectivity index (χ3n) is 4.08. The third kappa shape index (κ3) is 6.41. The summed E-state index contributed by atoms with van der Waals surface area (Å²) in [6.07, 6.45) is 3.36. The molecule has 0 aliphatic rings. The van der Waals surface area contributed by atoms with E-state index in [-0.39, 0.29) is 0 Å². The lowest BCUT2D eigenvalue weighted by atomic mass is 9.93. The van der Waals surface area contributed by atoms with Crippen LogP contribution in [0.5, 0.6) is 0 Å². The van der Waals surface area contributed by atoms with Crippen LogP contribution in [0.4, 0.5) is 0 Å². The zero-order valence-electron chi connectivity index (χ0n) is 14.3. The second kappa shape index (κ2) is 10.3. The normalized spacial score (nSPS) is 15.9. The maximum absolute atomic E-state index is 3.73. The third-order valence-corrected chi connectivity index (χ3v) is 4.89. The summed E-state index contributed by atoms with van der Waals surface area (Å²) in [5.41, 5.74) is 1.41. The number of nitrogens with one attached hydrogen (secondary N) is 1. The van der Waals surface area contributed by atoms with Crippen molar-refractivity contribution in [3.63, 3.8) is 0 Å². The SMILES string of the molecule is CCCNC(c1ccccc1)C(C)CN(C)C(C)CSC. The molecule has 2 nitrogen and oxygen atoms in total. The molecule has 0 aromatic heterocycles. The van der Waals surface area contributed by atoms with Crippen LogP contribution >= 0.6 is 11.8 Å². The quantitative estimate of drug-likeness (QED) is 0.702. The van der Waals surface area contributed by atoms with Gasteiger partial charge in [0.15, 0.2) is 0 Å². The fourth-order valence-electron chi connectivity index (χ4n) is 2.72. The predicted octanol–water partition coefficient (Wildman–Crippen LogP) is 4.05. The Morgan fingerprint density at radius 3 is 2.43 bits per heavy atom. The molecule has 3 unspecified atom stereocenters. The van der Waals surface area contributed by atoms with Crippen LogP contribution in [0.15, 0.2) is 30.3 Å². The zero-order valence-corrected chi connectivity index (χ0v) is 15.1. The van der Waals surface area contributed by atoms with Crippen LogP contribution in [0.3, 0.4) is 0 Å². The summed E-state index contributed by atoms with van der Waals surface area (Å²) in [5, 5.41) is 3.73. The topological polar surface area (TPSA) is 15.3 Å². The largest absolute Gasteiger partial charge is 0.310 e. The first kappa shape index (κ1) is 18.5. The van der Waals surface area contributed by atoms with E-state index in [0.29, 0.717) is 18.0 Å². The van der Waals surface area contributed by atoms with Crippen molar-refractivity contribution in [2.45, 2.75) is 39.3 Å². The van der Waals surface area contributed by atoms with E-state index in [1.54, 1.807) is 0 Å². The van der Waals surface area contributed by atoms with Crippen LogP contribution in [-0.2, 0) is 0 Å². The minimum atomic E-state index is 0.440. The van der Waals surface area contributed by atoms with E-state index >= 15 is 0 Å². The number of hydrogen-bond donors (Lipinski definition) is 1. The minimum Gasteiger partial charge on any atom is -0.310 e. The van der Waals surface area contributed by atoms with Gasteiger partial charge in [-0.3, -0.25) is 0 Å². The van der Waals surface area contributed by atoms with E-state index in [1.165, 1.54) is 17.7 Å². The highest BCUT2D eigenvalue weighted by molar-refractivity contribution is 7.98. The summed E-state index contributed by atoms with van der Waals surface area (Å²) in [7, 11) is 2.25. The molecule has 1 aromatic carbocycles. The number of thioether (sulfide) groups is 1. The first-order valence-electron chi connectivity index (χ1n) is 8.07. The van der Waals surface area contributed by atoms with Gasteiger partial charge in [0, 0.05) is 24.4 Å². The molecule has 0 amide bonds. The fourth-order valence-corrected chi connectivity index (χ4v) is 3.45. The molecule has 120 valence electrons. The van der Waals surface area contributed by atoms with Gasteiger partial charge in [-0.25, -0.2) is 0 Å². The molecular weight excluding hydrogens is 276 g/mol. The Kier molecular flexibility index (Phi) is 9.05. The molecule has 0 spiro atoms. The van der Waals surface area contributed by atoms with Gasteiger partial charge >= 0.3 is 0 Å². The molecular formula is C18H32N2S. The van der Waals surface area contributed by atoms with Crippen LogP contribution in [0, 0.1) is 5.92 Å². The summed E-state index contributed by atoms with van der Waals surface area (Å²) < 4.78 is 0. The summed E-state index contributed by atoms with van der Waals surface area (Å²) in [6, 6.07) is 11.9. The van der Waals surface area contributed by atoms with Gasteiger partial charge in [0.05, 0.1) is 0 Å².